The van der Waals surface area contributed by atoms with Crippen molar-refractivity contribution in [2.45, 2.75) is 0 Å². The lowest BCUT2D eigenvalue weighted by Gasteiger charge is -2.00. The predicted octanol–water partition coefficient (Wildman–Crippen LogP) is 2.63. The van der Waals surface area contributed by atoms with Crippen LogP contribution < -0.4 is 11.0 Å². The molecule has 2 N–H and O–H groups in total. The van der Waals surface area contributed by atoms with Crippen molar-refractivity contribution in [3.8, 4) is 0 Å². The number of hydrogen-bond donors (Lipinski definition) is 2. The summed E-state index contributed by atoms with van der Waals surface area (Å²) in [6, 6.07) is 7.25. The average Bonchev–Trinajstić information content (AvgIpc) is 2.35. The molecule has 2 rings (SSSR count). The van der Waals surface area contributed by atoms with Crippen molar-refractivity contribution in [3.05, 3.63) is 55.9 Å². The zero-order chi connectivity index (χ0) is 13.0. The molecule has 0 aliphatic carbocycles. The highest BCUT2D eigenvalue weighted by atomic mass is 79.9. The van der Waals surface area contributed by atoms with Gasteiger partial charge < -0.3 is 0 Å². The number of aromatic nitrogens is 2. The van der Waals surface area contributed by atoms with Gasteiger partial charge in [0.05, 0.1) is 18.1 Å². The highest BCUT2D eigenvalue weighted by Gasteiger charge is 2.02. The van der Waals surface area contributed by atoms with E-state index in [2.05, 4.69) is 36.7 Å². The minimum atomic E-state index is -0.321. The van der Waals surface area contributed by atoms with Gasteiger partial charge in [0.2, 0.25) is 0 Å². The monoisotopic (exact) mass is 326 g/mol. The molecular formula is C11H8BrClN4O. The zero-order valence-electron chi connectivity index (χ0n) is 9.02. The molecule has 0 spiro atoms. The van der Waals surface area contributed by atoms with Gasteiger partial charge in [-0.1, -0.05) is 23.7 Å². The highest BCUT2D eigenvalue weighted by molar-refractivity contribution is 9.10. The zero-order valence-corrected chi connectivity index (χ0v) is 11.4. The molecular weight excluding hydrogens is 320 g/mol. The van der Waals surface area contributed by atoms with Crippen LogP contribution in [0.2, 0.25) is 5.02 Å². The van der Waals surface area contributed by atoms with Crippen LogP contribution in [0.3, 0.4) is 0 Å². The summed E-state index contributed by atoms with van der Waals surface area (Å²) in [7, 11) is 0. The van der Waals surface area contributed by atoms with Crippen molar-refractivity contribution < 1.29 is 0 Å². The number of H-pyrrole nitrogens is 1. The molecule has 0 unspecified atom stereocenters. The molecule has 2 aromatic rings. The maximum Gasteiger partial charge on any atom is 0.280 e. The van der Waals surface area contributed by atoms with Crippen molar-refractivity contribution in [2.24, 2.45) is 5.10 Å². The van der Waals surface area contributed by atoms with Crippen LogP contribution in [0.5, 0.6) is 0 Å². The van der Waals surface area contributed by atoms with Gasteiger partial charge in [-0.3, -0.25) is 10.2 Å². The minimum Gasteiger partial charge on any atom is -0.275 e. The number of anilines is 1. The number of aromatic amines is 1. The van der Waals surface area contributed by atoms with Gasteiger partial charge in [0, 0.05) is 5.02 Å². The van der Waals surface area contributed by atoms with Gasteiger partial charge in [-0.15, -0.1) is 0 Å². The molecule has 0 aliphatic rings. The Hall–Kier alpha value is -1.66. The van der Waals surface area contributed by atoms with Crippen molar-refractivity contribution >= 4 is 39.4 Å². The summed E-state index contributed by atoms with van der Waals surface area (Å²) in [4.78, 5) is 11.2. The Morgan fingerprint density at radius 3 is 3.11 bits per heavy atom. The average molecular weight is 328 g/mol. The quantitative estimate of drug-likeness (QED) is 0.672. The Morgan fingerprint density at radius 2 is 2.33 bits per heavy atom. The second-order valence-electron chi connectivity index (χ2n) is 3.35. The first-order valence-corrected chi connectivity index (χ1v) is 6.12. The SMILES string of the molecule is O=c1[nH]ncc(NN=Cc2cccc(Cl)c2)c1Br. The van der Waals surface area contributed by atoms with Crippen LogP contribution in [0.15, 0.2) is 44.8 Å². The van der Waals surface area contributed by atoms with E-state index in [1.165, 1.54) is 6.20 Å². The molecule has 0 radical (unpaired) electrons. The molecule has 0 aliphatic heterocycles. The lowest BCUT2D eigenvalue weighted by atomic mass is 10.2. The smallest absolute Gasteiger partial charge is 0.275 e. The summed E-state index contributed by atoms with van der Waals surface area (Å²) < 4.78 is 0.348. The molecule has 92 valence electrons. The molecule has 0 saturated carbocycles. The molecule has 0 amide bonds. The summed E-state index contributed by atoms with van der Waals surface area (Å²) in [6.07, 6.45) is 3.06. The van der Waals surface area contributed by atoms with Crippen molar-refractivity contribution in [3.63, 3.8) is 0 Å². The van der Waals surface area contributed by atoms with Gasteiger partial charge >= 0.3 is 0 Å². The molecule has 0 atom stereocenters. The maximum atomic E-state index is 11.2. The number of hydrogen-bond acceptors (Lipinski definition) is 4. The molecule has 1 aromatic carbocycles. The number of benzene rings is 1. The minimum absolute atomic E-state index is 0.321. The summed E-state index contributed by atoms with van der Waals surface area (Å²) in [6.45, 7) is 0. The van der Waals surface area contributed by atoms with Crippen molar-refractivity contribution in [1.82, 2.24) is 10.2 Å². The van der Waals surface area contributed by atoms with E-state index in [0.29, 0.717) is 15.2 Å². The van der Waals surface area contributed by atoms with Crippen LogP contribution in [0.25, 0.3) is 0 Å². The summed E-state index contributed by atoms with van der Waals surface area (Å²) >= 11 is 8.98. The largest absolute Gasteiger partial charge is 0.280 e. The first kappa shape index (κ1) is 12.8. The summed E-state index contributed by atoms with van der Waals surface area (Å²) in [5.41, 5.74) is 3.73. The number of nitrogens with zero attached hydrogens (tertiary/aromatic N) is 2. The van der Waals surface area contributed by atoms with Crippen LogP contribution >= 0.6 is 27.5 Å². The third-order valence-electron chi connectivity index (χ3n) is 2.04. The number of hydrazone groups is 1. The van der Waals surface area contributed by atoms with E-state index in [1.807, 2.05) is 12.1 Å². The topological polar surface area (TPSA) is 70.1 Å². The third kappa shape index (κ3) is 3.18. The molecule has 5 nitrogen and oxygen atoms in total. The van der Waals surface area contributed by atoms with Gasteiger partial charge in [-0.05, 0) is 33.6 Å². The Balaban J connectivity index is 2.12. The number of halogens is 2. The molecule has 7 heteroatoms. The maximum absolute atomic E-state index is 11.2. The Bertz CT molecular complexity index is 641. The van der Waals surface area contributed by atoms with Gasteiger partial charge in [0.25, 0.3) is 5.56 Å². The Morgan fingerprint density at radius 1 is 1.50 bits per heavy atom. The van der Waals surface area contributed by atoms with Gasteiger partial charge in [0.15, 0.2) is 0 Å². The molecule has 0 fully saturated rings. The summed E-state index contributed by atoms with van der Waals surface area (Å²) in [5, 5.41) is 10.6. The van der Waals surface area contributed by atoms with Gasteiger partial charge in [0.1, 0.15) is 4.47 Å². The highest BCUT2D eigenvalue weighted by Crippen LogP contribution is 2.15. The summed E-state index contributed by atoms with van der Waals surface area (Å²) in [5.74, 6) is 0. The fraction of sp³-hybridized carbons (Fsp3) is 0. The molecule has 18 heavy (non-hydrogen) atoms. The van der Waals surface area contributed by atoms with Crippen LogP contribution in [0.1, 0.15) is 5.56 Å². The van der Waals surface area contributed by atoms with Gasteiger partial charge in [-0.25, -0.2) is 5.10 Å². The second kappa shape index (κ2) is 5.79. The molecule has 0 saturated heterocycles. The lowest BCUT2D eigenvalue weighted by molar-refractivity contribution is 0.977. The lowest BCUT2D eigenvalue weighted by Crippen LogP contribution is -2.10. The van der Waals surface area contributed by atoms with Crippen molar-refractivity contribution in [1.29, 1.82) is 0 Å². The molecule has 1 heterocycles. The van der Waals surface area contributed by atoms with E-state index in [1.54, 1.807) is 18.3 Å². The van der Waals surface area contributed by atoms with Crippen LogP contribution in [0.4, 0.5) is 5.69 Å². The van der Waals surface area contributed by atoms with Crippen molar-refractivity contribution in [2.75, 3.05) is 5.43 Å². The van der Waals surface area contributed by atoms with E-state index in [-0.39, 0.29) is 5.56 Å². The number of rotatable bonds is 3. The third-order valence-corrected chi connectivity index (χ3v) is 3.07. The first-order chi connectivity index (χ1) is 8.66. The predicted molar refractivity (Wildman–Crippen MR) is 75.2 cm³/mol. The van der Waals surface area contributed by atoms with E-state index >= 15 is 0 Å². The second-order valence-corrected chi connectivity index (χ2v) is 4.58. The van der Waals surface area contributed by atoms with E-state index < -0.39 is 0 Å². The first-order valence-electron chi connectivity index (χ1n) is 4.94. The molecule has 1 aromatic heterocycles. The van der Waals surface area contributed by atoms with Crippen LogP contribution in [-0.4, -0.2) is 16.4 Å². The van der Waals surface area contributed by atoms with Crippen LogP contribution in [-0.2, 0) is 0 Å². The van der Waals surface area contributed by atoms with E-state index in [4.69, 9.17) is 11.6 Å². The Kier molecular flexibility index (Phi) is 4.11. The Labute approximate surface area is 116 Å². The molecule has 0 bridgehead atoms. The number of nitrogens with one attached hydrogen (secondary N) is 2. The standard InChI is InChI=1S/C11H8BrClN4O/c12-10-9(6-15-17-11(10)18)16-14-5-7-2-1-3-8(13)4-7/h1-6H,(H2,16,17,18). The normalized spacial score (nSPS) is 10.8. The van der Waals surface area contributed by atoms with E-state index in [0.717, 1.165) is 5.56 Å². The fourth-order valence-corrected chi connectivity index (χ4v) is 1.70. The fourth-order valence-electron chi connectivity index (χ4n) is 1.22. The van der Waals surface area contributed by atoms with E-state index in [9.17, 15) is 4.79 Å². The van der Waals surface area contributed by atoms with Gasteiger partial charge in [-0.2, -0.15) is 10.2 Å². The van der Waals surface area contributed by atoms with Crippen LogP contribution in [0, 0.1) is 0 Å².